The lowest BCUT2D eigenvalue weighted by atomic mass is 10.0. The third-order valence-corrected chi connectivity index (χ3v) is 2.92. The van der Waals surface area contributed by atoms with Gasteiger partial charge in [0, 0.05) is 5.71 Å². The van der Waals surface area contributed by atoms with Gasteiger partial charge in [-0.3, -0.25) is 4.99 Å². The van der Waals surface area contributed by atoms with Crippen molar-refractivity contribution < 1.29 is 4.39 Å². The van der Waals surface area contributed by atoms with Crippen LogP contribution in [0.2, 0.25) is 0 Å². The monoisotopic (exact) mass is 205 g/mol. The Morgan fingerprint density at radius 3 is 2.47 bits per heavy atom. The first-order valence-corrected chi connectivity index (χ1v) is 5.49. The van der Waals surface area contributed by atoms with Crippen molar-refractivity contribution in [1.82, 2.24) is 0 Å². The van der Waals surface area contributed by atoms with Crippen LogP contribution in [0.15, 0.2) is 29.3 Å². The molecule has 0 bridgehead atoms. The van der Waals surface area contributed by atoms with E-state index in [9.17, 15) is 4.39 Å². The predicted molar refractivity (Wildman–Crippen MR) is 60.6 cm³/mol. The van der Waals surface area contributed by atoms with Crippen LogP contribution in [0.1, 0.15) is 38.3 Å². The third-order valence-electron chi connectivity index (χ3n) is 2.92. The van der Waals surface area contributed by atoms with E-state index in [1.807, 2.05) is 12.1 Å². The zero-order valence-electron chi connectivity index (χ0n) is 9.20. The lowest BCUT2D eigenvalue weighted by molar-refractivity contribution is 0.624. The van der Waals surface area contributed by atoms with Crippen molar-refractivity contribution in [2.24, 2.45) is 10.9 Å². The van der Waals surface area contributed by atoms with E-state index < -0.39 is 0 Å². The number of aliphatic imine (C=N–C) groups is 1. The molecule has 0 aromatic heterocycles. The van der Waals surface area contributed by atoms with E-state index in [1.165, 1.54) is 17.8 Å². The average molecular weight is 205 g/mol. The molecule has 0 saturated carbocycles. The number of halogens is 1. The minimum atomic E-state index is -0.176. The molecule has 1 heterocycles. The molecule has 1 atom stereocenters. The van der Waals surface area contributed by atoms with Crippen LogP contribution in [-0.2, 0) is 0 Å². The van der Waals surface area contributed by atoms with Crippen molar-refractivity contribution in [1.29, 1.82) is 0 Å². The second-order valence-corrected chi connectivity index (χ2v) is 4.38. The van der Waals surface area contributed by atoms with Gasteiger partial charge in [-0.2, -0.15) is 0 Å². The van der Waals surface area contributed by atoms with Gasteiger partial charge in [-0.1, -0.05) is 26.0 Å². The summed E-state index contributed by atoms with van der Waals surface area (Å²) in [7, 11) is 0. The zero-order chi connectivity index (χ0) is 10.8. The van der Waals surface area contributed by atoms with Crippen molar-refractivity contribution in [3.8, 4) is 0 Å². The normalized spacial score (nSPS) is 20.8. The quantitative estimate of drug-likeness (QED) is 0.697. The molecule has 0 spiro atoms. The van der Waals surface area contributed by atoms with E-state index in [4.69, 9.17) is 0 Å². The van der Waals surface area contributed by atoms with Gasteiger partial charge >= 0.3 is 0 Å². The summed E-state index contributed by atoms with van der Waals surface area (Å²) in [6.45, 7) is 4.34. The maximum Gasteiger partial charge on any atom is 0.123 e. The van der Waals surface area contributed by atoms with Gasteiger partial charge in [-0.15, -0.1) is 0 Å². The predicted octanol–water partition coefficient (Wildman–Crippen LogP) is 3.76. The molecule has 0 saturated heterocycles. The summed E-state index contributed by atoms with van der Waals surface area (Å²) in [5.74, 6) is 0.361. The van der Waals surface area contributed by atoms with E-state index >= 15 is 0 Å². The van der Waals surface area contributed by atoms with Crippen LogP contribution in [0.4, 0.5) is 4.39 Å². The van der Waals surface area contributed by atoms with Gasteiger partial charge in [0.1, 0.15) is 5.82 Å². The molecule has 2 heteroatoms. The number of hydrogen-bond acceptors (Lipinski definition) is 1. The standard InChI is InChI=1S/C13H16FN/c1-9(2)12-7-8-13(15-12)10-3-5-11(14)6-4-10/h3-6,9,13H,7-8H2,1-2H3/t13-/m0/s1. The molecule has 1 aromatic rings. The first-order chi connectivity index (χ1) is 7.16. The fourth-order valence-electron chi connectivity index (χ4n) is 1.98. The van der Waals surface area contributed by atoms with E-state index in [2.05, 4.69) is 18.8 Å². The number of rotatable bonds is 2. The molecule has 1 nitrogen and oxygen atoms in total. The fraction of sp³-hybridized carbons (Fsp3) is 0.462. The Kier molecular flexibility index (Phi) is 2.85. The summed E-state index contributed by atoms with van der Waals surface area (Å²) in [5.41, 5.74) is 2.43. The zero-order valence-corrected chi connectivity index (χ0v) is 9.20. The topological polar surface area (TPSA) is 12.4 Å². The molecule has 0 unspecified atom stereocenters. The van der Waals surface area contributed by atoms with Gasteiger partial charge in [-0.05, 0) is 36.5 Å². The fourth-order valence-corrected chi connectivity index (χ4v) is 1.98. The van der Waals surface area contributed by atoms with Gasteiger partial charge < -0.3 is 0 Å². The SMILES string of the molecule is CC(C)C1=N[C@H](c2ccc(F)cc2)CC1. The Balaban J connectivity index is 2.17. The lowest BCUT2D eigenvalue weighted by Gasteiger charge is -2.06. The molecular weight excluding hydrogens is 189 g/mol. The average Bonchev–Trinajstić information content (AvgIpc) is 2.68. The van der Waals surface area contributed by atoms with Crippen molar-refractivity contribution in [3.63, 3.8) is 0 Å². The van der Waals surface area contributed by atoms with Crippen LogP contribution in [0.3, 0.4) is 0 Å². The molecule has 15 heavy (non-hydrogen) atoms. The summed E-state index contributed by atoms with van der Waals surface area (Å²) in [5, 5.41) is 0. The van der Waals surface area contributed by atoms with Gasteiger partial charge in [-0.25, -0.2) is 4.39 Å². The summed E-state index contributed by atoms with van der Waals surface area (Å²) >= 11 is 0. The Labute approximate surface area is 90.0 Å². The van der Waals surface area contributed by atoms with Gasteiger partial charge in [0.05, 0.1) is 6.04 Å². The van der Waals surface area contributed by atoms with Crippen LogP contribution in [0, 0.1) is 11.7 Å². The number of hydrogen-bond donors (Lipinski definition) is 0. The molecule has 0 aliphatic carbocycles. The second-order valence-electron chi connectivity index (χ2n) is 4.38. The van der Waals surface area contributed by atoms with Crippen LogP contribution in [0.25, 0.3) is 0 Å². The van der Waals surface area contributed by atoms with Gasteiger partial charge in [0.25, 0.3) is 0 Å². The molecule has 0 N–H and O–H groups in total. The van der Waals surface area contributed by atoms with Crippen molar-refractivity contribution in [3.05, 3.63) is 35.6 Å². The molecule has 80 valence electrons. The largest absolute Gasteiger partial charge is 0.286 e. The highest BCUT2D eigenvalue weighted by Gasteiger charge is 2.20. The molecule has 0 amide bonds. The second kappa shape index (κ2) is 4.13. The first kappa shape index (κ1) is 10.3. The molecule has 1 aromatic carbocycles. The van der Waals surface area contributed by atoms with Gasteiger partial charge in [0.2, 0.25) is 0 Å². The summed E-state index contributed by atoms with van der Waals surface area (Å²) in [6.07, 6.45) is 2.15. The van der Waals surface area contributed by atoms with Crippen molar-refractivity contribution in [2.75, 3.05) is 0 Å². The molecule has 1 aliphatic rings. The van der Waals surface area contributed by atoms with Crippen molar-refractivity contribution >= 4 is 5.71 Å². The highest BCUT2D eigenvalue weighted by Crippen LogP contribution is 2.30. The molecule has 0 fully saturated rings. The lowest BCUT2D eigenvalue weighted by Crippen LogP contribution is -2.02. The molecular formula is C13H16FN. The van der Waals surface area contributed by atoms with Crippen LogP contribution < -0.4 is 0 Å². The highest BCUT2D eigenvalue weighted by atomic mass is 19.1. The molecule has 2 rings (SSSR count). The van der Waals surface area contributed by atoms with E-state index in [0.29, 0.717) is 5.92 Å². The number of nitrogens with zero attached hydrogens (tertiary/aromatic N) is 1. The molecule has 0 radical (unpaired) electrons. The van der Waals surface area contributed by atoms with Crippen LogP contribution in [-0.4, -0.2) is 5.71 Å². The third kappa shape index (κ3) is 2.25. The van der Waals surface area contributed by atoms with Gasteiger partial charge in [0.15, 0.2) is 0 Å². The first-order valence-electron chi connectivity index (χ1n) is 5.49. The van der Waals surface area contributed by atoms with Crippen molar-refractivity contribution in [2.45, 2.75) is 32.7 Å². The Morgan fingerprint density at radius 2 is 1.93 bits per heavy atom. The van der Waals surface area contributed by atoms with E-state index in [0.717, 1.165) is 18.4 Å². The minimum Gasteiger partial charge on any atom is -0.286 e. The Bertz CT molecular complexity index is 365. The maximum absolute atomic E-state index is 12.7. The minimum absolute atomic E-state index is 0.176. The Hall–Kier alpha value is -1.18. The highest BCUT2D eigenvalue weighted by molar-refractivity contribution is 5.87. The maximum atomic E-state index is 12.7. The van der Waals surface area contributed by atoms with E-state index in [1.54, 1.807) is 0 Å². The summed E-state index contributed by atoms with van der Waals surface area (Å²) in [6, 6.07) is 6.96. The van der Waals surface area contributed by atoms with E-state index in [-0.39, 0.29) is 11.9 Å². The smallest absolute Gasteiger partial charge is 0.123 e. The summed E-state index contributed by atoms with van der Waals surface area (Å²) in [4.78, 5) is 4.68. The summed E-state index contributed by atoms with van der Waals surface area (Å²) < 4.78 is 12.7. The molecule has 1 aliphatic heterocycles. The van der Waals surface area contributed by atoms with Crippen LogP contribution in [0.5, 0.6) is 0 Å². The Morgan fingerprint density at radius 1 is 1.27 bits per heavy atom. The van der Waals surface area contributed by atoms with Crippen LogP contribution >= 0.6 is 0 Å². The number of benzene rings is 1.